The number of hydrogen-bond donors (Lipinski definition) is 2. The van der Waals surface area contributed by atoms with Crippen molar-refractivity contribution in [3.05, 3.63) is 33.8 Å². The molecule has 0 bridgehead atoms. The first-order valence-electron chi connectivity index (χ1n) is 5.49. The second-order valence-electron chi connectivity index (χ2n) is 4.21. The first-order valence-corrected chi connectivity index (χ1v) is 6.28. The quantitative estimate of drug-likeness (QED) is 0.888. The largest absolute Gasteiger partial charge is 0.416 e. The summed E-state index contributed by atoms with van der Waals surface area (Å²) in [5.41, 5.74) is -0.156. The highest BCUT2D eigenvalue weighted by Crippen LogP contribution is 2.33. The maximum absolute atomic E-state index is 12.6. The van der Waals surface area contributed by atoms with Gasteiger partial charge in [-0.2, -0.15) is 13.2 Å². The highest BCUT2D eigenvalue weighted by atomic mass is 79.9. The van der Waals surface area contributed by atoms with E-state index in [1.807, 2.05) is 0 Å². The second-order valence-corrected chi connectivity index (χ2v) is 5.06. The molecule has 2 N–H and O–H groups in total. The van der Waals surface area contributed by atoms with E-state index in [0.29, 0.717) is 10.0 Å². The van der Waals surface area contributed by atoms with Crippen LogP contribution in [0, 0.1) is 0 Å². The maximum atomic E-state index is 12.6. The van der Waals surface area contributed by atoms with E-state index in [0.717, 1.165) is 12.1 Å². The van der Waals surface area contributed by atoms with Crippen LogP contribution in [0.2, 0.25) is 0 Å². The molecule has 6 heteroatoms. The second kappa shape index (κ2) is 6.04. The molecule has 0 saturated carbocycles. The highest BCUT2D eigenvalue weighted by molar-refractivity contribution is 9.10. The van der Waals surface area contributed by atoms with Crippen LogP contribution in [0.3, 0.4) is 0 Å². The normalized spacial score (nSPS) is 15.5. The van der Waals surface area contributed by atoms with Gasteiger partial charge in [-0.1, -0.05) is 15.9 Å². The Morgan fingerprint density at radius 1 is 1.33 bits per heavy atom. The minimum atomic E-state index is -4.35. The molecule has 0 fully saturated rings. The Labute approximate surface area is 112 Å². The topological polar surface area (TPSA) is 32.3 Å². The van der Waals surface area contributed by atoms with Gasteiger partial charge >= 0.3 is 6.18 Å². The van der Waals surface area contributed by atoms with Crippen LogP contribution in [0.4, 0.5) is 13.2 Å². The van der Waals surface area contributed by atoms with Crippen molar-refractivity contribution in [2.75, 3.05) is 6.61 Å². The van der Waals surface area contributed by atoms with Crippen LogP contribution in [0.25, 0.3) is 0 Å². The van der Waals surface area contributed by atoms with Crippen molar-refractivity contribution >= 4 is 15.9 Å². The lowest BCUT2D eigenvalue weighted by Gasteiger charge is -2.21. The van der Waals surface area contributed by atoms with Gasteiger partial charge in [0.2, 0.25) is 0 Å². The average Bonchev–Trinajstić information content (AvgIpc) is 2.27. The van der Waals surface area contributed by atoms with Crippen molar-refractivity contribution < 1.29 is 18.3 Å². The Bertz CT molecular complexity index is 409. The van der Waals surface area contributed by atoms with Gasteiger partial charge in [0.25, 0.3) is 0 Å². The molecule has 0 heterocycles. The smallest absolute Gasteiger partial charge is 0.395 e. The molecule has 2 atom stereocenters. The zero-order valence-corrected chi connectivity index (χ0v) is 11.6. The molecular formula is C12H15BrF3NO. The number of benzene rings is 1. The van der Waals surface area contributed by atoms with Crippen molar-refractivity contribution in [2.45, 2.75) is 32.1 Å². The molecule has 0 spiro atoms. The SMILES string of the molecule is CC(N[C@H](C)CO)c1cc(C(F)(F)F)ccc1Br. The third-order valence-electron chi connectivity index (χ3n) is 2.60. The highest BCUT2D eigenvalue weighted by Gasteiger charge is 2.31. The first kappa shape index (κ1) is 15.5. The van der Waals surface area contributed by atoms with E-state index in [1.54, 1.807) is 13.8 Å². The van der Waals surface area contributed by atoms with Gasteiger partial charge in [0.1, 0.15) is 0 Å². The maximum Gasteiger partial charge on any atom is 0.416 e. The third kappa shape index (κ3) is 3.96. The molecule has 1 aromatic rings. The predicted molar refractivity (Wildman–Crippen MR) is 67.2 cm³/mol. The Morgan fingerprint density at radius 2 is 1.94 bits per heavy atom. The van der Waals surface area contributed by atoms with Crippen LogP contribution < -0.4 is 5.32 Å². The number of alkyl halides is 3. The zero-order valence-electron chi connectivity index (χ0n) is 10.1. The summed E-state index contributed by atoms with van der Waals surface area (Å²) in [5.74, 6) is 0. The van der Waals surface area contributed by atoms with E-state index in [2.05, 4.69) is 21.2 Å². The van der Waals surface area contributed by atoms with Gasteiger partial charge in [-0.25, -0.2) is 0 Å². The Hall–Kier alpha value is -0.590. The molecule has 0 aliphatic rings. The molecule has 0 amide bonds. The molecule has 0 aliphatic heterocycles. The molecular weight excluding hydrogens is 311 g/mol. The summed E-state index contributed by atoms with van der Waals surface area (Å²) in [5, 5.41) is 11.9. The number of aliphatic hydroxyl groups is 1. The fourth-order valence-electron chi connectivity index (χ4n) is 1.62. The zero-order chi connectivity index (χ0) is 13.9. The number of aliphatic hydroxyl groups excluding tert-OH is 1. The minimum Gasteiger partial charge on any atom is -0.395 e. The van der Waals surface area contributed by atoms with Crippen LogP contribution in [-0.2, 0) is 6.18 Å². The Morgan fingerprint density at radius 3 is 2.44 bits per heavy atom. The molecule has 102 valence electrons. The van der Waals surface area contributed by atoms with E-state index in [9.17, 15) is 13.2 Å². The van der Waals surface area contributed by atoms with Crippen LogP contribution in [0.15, 0.2) is 22.7 Å². The fraction of sp³-hybridized carbons (Fsp3) is 0.500. The first-order chi connectivity index (χ1) is 8.25. The molecule has 0 radical (unpaired) electrons. The molecule has 1 rings (SSSR count). The molecule has 0 aromatic heterocycles. The van der Waals surface area contributed by atoms with Crippen molar-refractivity contribution in [2.24, 2.45) is 0 Å². The summed E-state index contributed by atoms with van der Waals surface area (Å²) < 4.78 is 38.5. The van der Waals surface area contributed by atoms with Crippen molar-refractivity contribution in [1.82, 2.24) is 5.32 Å². The molecule has 0 aliphatic carbocycles. The number of nitrogens with one attached hydrogen (secondary N) is 1. The van der Waals surface area contributed by atoms with E-state index >= 15 is 0 Å². The fourth-order valence-corrected chi connectivity index (χ4v) is 2.21. The number of hydrogen-bond acceptors (Lipinski definition) is 2. The van der Waals surface area contributed by atoms with Crippen LogP contribution >= 0.6 is 15.9 Å². The Balaban J connectivity index is 3.00. The summed E-state index contributed by atoms with van der Waals surface area (Å²) in [4.78, 5) is 0. The minimum absolute atomic E-state index is 0.0685. The van der Waals surface area contributed by atoms with Gasteiger partial charge in [0, 0.05) is 16.6 Å². The van der Waals surface area contributed by atoms with Gasteiger partial charge in [0.15, 0.2) is 0 Å². The van der Waals surface area contributed by atoms with E-state index in [-0.39, 0.29) is 18.7 Å². The lowest BCUT2D eigenvalue weighted by atomic mass is 10.0. The van der Waals surface area contributed by atoms with Crippen LogP contribution in [0.5, 0.6) is 0 Å². The van der Waals surface area contributed by atoms with Gasteiger partial charge in [-0.3, -0.25) is 0 Å². The summed E-state index contributed by atoms with van der Waals surface area (Å²) in [6.45, 7) is 3.45. The molecule has 1 aromatic carbocycles. The predicted octanol–water partition coefficient (Wildman–Crippen LogP) is 3.50. The lowest BCUT2D eigenvalue weighted by Crippen LogP contribution is -2.32. The van der Waals surface area contributed by atoms with Crippen LogP contribution in [-0.4, -0.2) is 17.8 Å². The van der Waals surface area contributed by atoms with E-state index < -0.39 is 11.7 Å². The standard InChI is InChI=1S/C12H15BrF3NO/c1-7(6-18)17-8(2)10-5-9(12(14,15)16)3-4-11(10)13/h3-5,7-8,17-18H,6H2,1-2H3/t7-,8?/m1/s1. The summed E-state index contributed by atoms with van der Waals surface area (Å²) in [7, 11) is 0. The van der Waals surface area contributed by atoms with E-state index in [4.69, 9.17) is 5.11 Å². The van der Waals surface area contributed by atoms with Crippen molar-refractivity contribution in [3.8, 4) is 0 Å². The van der Waals surface area contributed by atoms with Gasteiger partial charge in [-0.05, 0) is 37.6 Å². The van der Waals surface area contributed by atoms with E-state index in [1.165, 1.54) is 6.07 Å². The lowest BCUT2D eigenvalue weighted by molar-refractivity contribution is -0.137. The molecule has 1 unspecified atom stereocenters. The molecule has 2 nitrogen and oxygen atoms in total. The van der Waals surface area contributed by atoms with Crippen LogP contribution in [0.1, 0.15) is 31.0 Å². The molecule has 0 saturated heterocycles. The number of halogens is 4. The molecule has 18 heavy (non-hydrogen) atoms. The average molecular weight is 326 g/mol. The van der Waals surface area contributed by atoms with Gasteiger partial charge in [0.05, 0.1) is 12.2 Å². The number of rotatable bonds is 4. The summed E-state index contributed by atoms with van der Waals surface area (Å²) >= 11 is 3.24. The summed E-state index contributed by atoms with van der Waals surface area (Å²) in [6.07, 6.45) is -4.35. The van der Waals surface area contributed by atoms with Crippen molar-refractivity contribution in [3.63, 3.8) is 0 Å². The monoisotopic (exact) mass is 325 g/mol. The van der Waals surface area contributed by atoms with Crippen molar-refractivity contribution in [1.29, 1.82) is 0 Å². The Kier molecular flexibility index (Phi) is 5.19. The van der Waals surface area contributed by atoms with Gasteiger partial charge in [-0.15, -0.1) is 0 Å². The van der Waals surface area contributed by atoms with Gasteiger partial charge < -0.3 is 10.4 Å². The summed E-state index contributed by atoms with van der Waals surface area (Å²) in [6, 6.07) is 3.08. The third-order valence-corrected chi connectivity index (χ3v) is 3.32.